The van der Waals surface area contributed by atoms with Crippen molar-refractivity contribution in [2.24, 2.45) is 0 Å². The van der Waals surface area contributed by atoms with Crippen LogP contribution in [0.3, 0.4) is 0 Å². The molecule has 3 aromatic heterocycles. The molecule has 0 saturated carbocycles. The Hall–Kier alpha value is -6.00. The molecule has 5 heterocycles. The first-order valence-corrected chi connectivity index (χ1v) is 17.5. The molecule has 0 fully saturated rings. The molecule has 238 valence electrons. The summed E-state index contributed by atoms with van der Waals surface area (Å²) in [6.07, 6.45) is 1.90. The number of fused-ring (bicyclic) bond motifs is 10. The second-order valence-corrected chi connectivity index (χ2v) is 15.1. The topological polar surface area (TPSA) is 35.6 Å². The number of rotatable bonds is 2. The molecule has 0 bridgehead atoms. The van der Waals surface area contributed by atoms with Gasteiger partial charge >= 0.3 is 0 Å². The quantitative estimate of drug-likeness (QED) is 0.188. The number of nitrogens with zero attached hydrogens (tertiary/aromatic N) is 4. The van der Waals surface area contributed by atoms with E-state index in [4.69, 9.17) is 9.97 Å². The Morgan fingerprint density at radius 2 is 0.960 bits per heavy atom. The first-order valence-electron chi connectivity index (χ1n) is 17.5. The Morgan fingerprint density at radius 3 is 1.54 bits per heavy atom. The van der Waals surface area contributed by atoms with Gasteiger partial charge in [0.1, 0.15) is 0 Å². The highest BCUT2D eigenvalue weighted by atomic mass is 15.0. The van der Waals surface area contributed by atoms with Gasteiger partial charge in [0.15, 0.2) is 5.82 Å². The van der Waals surface area contributed by atoms with E-state index in [2.05, 4.69) is 158 Å². The molecule has 2 aliphatic rings. The van der Waals surface area contributed by atoms with Crippen LogP contribution in [0.25, 0.3) is 77.6 Å². The minimum absolute atomic E-state index is 0.0861. The lowest BCUT2D eigenvalue weighted by atomic mass is 9.75. The normalized spacial score (nSPS) is 15.1. The molecule has 4 heteroatoms. The summed E-state index contributed by atoms with van der Waals surface area (Å²) in [6.45, 7) is 9.37. The predicted octanol–water partition coefficient (Wildman–Crippen LogP) is 11.3. The van der Waals surface area contributed by atoms with Gasteiger partial charge in [0.2, 0.25) is 0 Å². The van der Waals surface area contributed by atoms with E-state index in [-0.39, 0.29) is 10.8 Å². The first-order chi connectivity index (χ1) is 24.3. The van der Waals surface area contributed by atoms with Crippen molar-refractivity contribution in [2.45, 2.75) is 38.5 Å². The van der Waals surface area contributed by atoms with Crippen molar-refractivity contribution in [3.63, 3.8) is 0 Å². The lowest BCUT2D eigenvalue weighted by Crippen LogP contribution is -2.26. The van der Waals surface area contributed by atoms with Crippen LogP contribution in [0.2, 0.25) is 0 Å². The Balaban J connectivity index is 1.08. The molecule has 9 aromatic rings. The van der Waals surface area contributed by atoms with Crippen molar-refractivity contribution in [1.29, 1.82) is 0 Å². The SMILES string of the molecule is CC1(C)c2ccccc2-n2c3ccc(-c4ccnc(-c5ccc6c(c5)c5cccc7c5n6-c5ccccc5C7(C)C)n4)cc3c3cccc1c32. The lowest BCUT2D eigenvalue weighted by Gasteiger charge is -2.34. The van der Waals surface area contributed by atoms with Crippen molar-refractivity contribution in [3.05, 3.63) is 156 Å². The molecule has 0 N–H and O–H groups in total. The number of aromatic nitrogens is 4. The third kappa shape index (κ3) is 3.40. The number of para-hydroxylation sites is 4. The standard InChI is InChI=1S/C46H34N4/c1-45(2)33-13-5-7-17-40(33)49-38-21-19-27(25-31(38)29-11-9-15-35(45)42(29)49)37-23-24-47-44(48-37)28-20-22-39-32(26-28)30-12-10-16-36-43(30)50(39)41-18-8-6-14-34(41)46(36,3)4/h5-26H,1-4H3. The molecule has 11 rings (SSSR count). The monoisotopic (exact) mass is 642 g/mol. The summed E-state index contributed by atoms with van der Waals surface area (Å²) in [7, 11) is 0. The predicted molar refractivity (Wildman–Crippen MR) is 206 cm³/mol. The zero-order chi connectivity index (χ0) is 33.5. The molecule has 0 aliphatic carbocycles. The molecule has 0 atom stereocenters. The Bertz CT molecular complexity index is 2740. The van der Waals surface area contributed by atoms with Crippen molar-refractivity contribution in [1.82, 2.24) is 19.1 Å². The fraction of sp³-hybridized carbons (Fsp3) is 0.130. The van der Waals surface area contributed by atoms with Crippen molar-refractivity contribution >= 4 is 43.6 Å². The van der Waals surface area contributed by atoms with Crippen LogP contribution < -0.4 is 0 Å². The molecule has 2 aliphatic heterocycles. The van der Waals surface area contributed by atoms with E-state index < -0.39 is 0 Å². The Labute approximate surface area is 290 Å². The van der Waals surface area contributed by atoms with E-state index >= 15 is 0 Å². The Morgan fingerprint density at radius 1 is 0.460 bits per heavy atom. The first kappa shape index (κ1) is 27.9. The number of hydrogen-bond acceptors (Lipinski definition) is 2. The van der Waals surface area contributed by atoms with E-state index in [1.54, 1.807) is 0 Å². The van der Waals surface area contributed by atoms with E-state index in [9.17, 15) is 0 Å². The molecule has 0 radical (unpaired) electrons. The summed E-state index contributed by atoms with van der Waals surface area (Å²) < 4.78 is 4.92. The number of benzene rings is 6. The maximum absolute atomic E-state index is 5.19. The average Bonchev–Trinajstić information content (AvgIpc) is 3.66. The summed E-state index contributed by atoms with van der Waals surface area (Å²) in [6, 6.07) is 46.8. The second kappa shape index (κ2) is 9.36. The van der Waals surface area contributed by atoms with E-state index in [0.717, 1.165) is 22.6 Å². The van der Waals surface area contributed by atoms with Gasteiger partial charge in [-0.3, -0.25) is 0 Å². The van der Waals surface area contributed by atoms with E-state index in [1.807, 2.05) is 12.3 Å². The van der Waals surface area contributed by atoms with Crippen LogP contribution in [-0.4, -0.2) is 19.1 Å². The summed E-state index contributed by atoms with van der Waals surface area (Å²) in [4.78, 5) is 10.0. The van der Waals surface area contributed by atoms with E-state index in [0.29, 0.717) is 0 Å². The molecule has 0 saturated heterocycles. The summed E-state index contributed by atoms with van der Waals surface area (Å²) in [5.74, 6) is 0.732. The third-order valence-corrected chi connectivity index (χ3v) is 11.8. The van der Waals surface area contributed by atoms with Gasteiger partial charge in [-0.15, -0.1) is 0 Å². The van der Waals surface area contributed by atoms with Gasteiger partial charge in [0, 0.05) is 49.7 Å². The van der Waals surface area contributed by atoms with Gasteiger partial charge in [-0.1, -0.05) is 107 Å². The molecule has 4 nitrogen and oxygen atoms in total. The maximum atomic E-state index is 5.19. The van der Waals surface area contributed by atoms with Gasteiger partial charge in [0.05, 0.1) is 39.1 Å². The molecular formula is C46H34N4. The van der Waals surface area contributed by atoms with Crippen molar-refractivity contribution < 1.29 is 0 Å². The molecule has 0 amide bonds. The van der Waals surface area contributed by atoms with Gasteiger partial charge < -0.3 is 9.13 Å². The highest BCUT2D eigenvalue weighted by molar-refractivity contribution is 6.13. The smallest absolute Gasteiger partial charge is 0.159 e. The molecule has 50 heavy (non-hydrogen) atoms. The van der Waals surface area contributed by atoms with Gasteiger partial charge in [-0.25, -0.2) is 9.97 Å². The minimum Gasteiger partial charge on any atom is -0.309 e. The maximum Gasteiger partial charge on any atom is 0.159 e. The van der Waals surface area contributed by atoms with Crippen LogP contribution in [0.1, 0.15) is 49.9 Å². The van der Waals surface area contributed by atoms with Crippen molar-refractivity contribution in [2.75, 3.05) is 0 Å². The highest BCUT2D eigenvalue weighted by Crippen LogP contribution is 2.49. The summed E-state index contributed by atoms with van der Waals surface area (Å²) >= 11 is 0. The van der Waals surface area contributed by atoms with Crippen LogP contribution in [0, 0.1) is 0 Å². The van der Waals surface area contributed by atoms with Crippen LogP contribution in [0.15, 0.2) is 134 Å². The summed E-state index contributed by atoms with van der Waals surface area (Å²) in [5, 5.41) is 5.01. The van der Waals surface area contributed by atoms with Gasteiger partial charge in [-0.05, 0) is 70.8 Å². The fourth-order valence-electron chi connectivity index (χ4n) is 9.29. The van der Waals surface area contributed by atoms with Gasteiger partial charge in [0.25, 0.3) is 0 Å². The van der Waals surface area contributed by atoms with Crippen molar-refractivity contribution in [3.8, 4) is 34.0 Å². The molecular weight excluding hydrogens is 609 g/mol. The number of hydrogen-bond donors (Lipinski definition) is 0. The fourth-order valence-corrected chi connectivity index (χ4v) is 9.29. The Kier molecular flexibility index (Phi) is 5.23. The zero-order valence-corrected chi connectivity index (χ0v) is 28.5. The van der Waals surface area contributed by atoms with Crippen LogP contribution in [0.4, 0.5) is 0 Å². The average molecular weight is 643 g/mol. The van der Waals surface area contributed by atoms with Crippen LogP contribution in [0.5, 0.6) is 0 Å². The molecule has 0 unspecified atom stereocenters. The largest absolute Gasteiger partial charge is 0.309 e. The molecule has 6 aromatic carbocycles. The summed E-state index contributed by atoms with van der Waals surface area (Å²) in [5.41, 5.74) is 15.8. The third-order valence-electron chi connectivity index (χ3n) is 11.8. The van der Waals surface area contributed by atoms with Crippen LogP contribution in [-0.2, 0) is 10.8 Å². The highest BCUT2D eigenvalue weighted by Gasteiger charge is 2.36. The zero-order valence-electron chi connectivity index (χ0n) is 28.5. The van der Waals surface area contributed by atoms with Crippen LogP contribution >= 0.6 is 0 Å². The lowest BCUT2D eigenvalue weighted by molar-refractivity contribution is 0.630. The molecule has 0 spiro atoms. The second-order valence-electron chi connectivity index (χ2n) is 15.1. The van der Waals surface area contributed by atoms with E-state index in [1.165, 1.54) is 77.2 Å². The minimum atomic E-state index is -0.0902. The van der Waals surface area contributed by atoms with Gasteiger partial charge in [-0.2, -0.15) is 0 Å².